The van der Waals surface area contributed by atoms with Crippen LogP contribution in [0.5, 0.6) is 0 Å². The Morgan fingerprint density at radius 1 is 2.00 bits per heavy atom. The lowest BCUT2D eigenvalue weighted by Crippen LogP contribution is -1.88. The maximum absolute atomic E-state index is 2.73. The average Bonchev–Trinajstić information content (AvgIpc) is 1.38. The lowest BCUT2D eigenvalue weighted by molar-refractivity contribution is 1.05. The highest BCUT2D eigenvalue weighted by molar-refractivity contribution is 7.20. The van der Waals surface area contributed by atoms with E-state index < -0.39 is 0 Å². The maximum Gasteiger partial charge on any atom is 0.110 e. The molecule has 0 radical (unpaired) electrons. The van der Waals surface area contributed by atoms with E-state index in [0.29, 0.717) is 0 Å². The molecule has 0 aromatic carbocycles. The van der Waals surface area contributed by atoms with Gasteiger partial charge >= 0.3 is 0 Å². The van der Waals surface area contributed by atoms with Crippen LogP contribution in [0.4, 0.5) is 0 Å². The lowest BCUT2D eigenvalue weighted by atomic mass is 10.0. The molecular weight excluding hydrogens is 77.8 g/mol. The summed E-state index contributed by atoms with van der Waals surface area (Å²) >= 11 is 0. The Hall–Kier alpha value is 0.495. The van der Waals surface area contributed by atoms with E-state index in [-0.39, 0.29) is 0 Å². The Labute approximate surface area is 37.0 Å². The molecule has 0 saturated heterocycles. The summed E-state index contributed by atoms with van der Waals surface area (Å²) in [6, 6.07) is 0. The minimum Gasteiger partial charge on any atom is -0.143 e. The van der Waals surface area contributed by atoms with Gasteiger partial charge in [0, 0.05) is 0 Å². The third-order valence-electron chi connectivity index (χ3n) is 0.644. The second-order valence-electron chi connectivity index (χ2n) is 1.39. The number of hydrogen-bond acceptors (Lipinski definition) is 0. The van der Waals surface area contributed by atoms with Crippen LogP contribution in [0, 0.1) is 0 Å². The highest BCUT2D eigenvalue weighted by atomic mass is 31.0. The van der Waals surface area contributed by atoms with Crippen molar-refractivity contribution in [2.75, 3.05) is 0 Å². The standard InChI is InChI=1S/C3H10BP/c1-2-3(4)5/h3H,2,4-5H2,1H3. The van der Waals surface area contributed by atoms with Crippen molar-refractivity contribution in [3.8, 4) is 0 Å². The van der Waals surface area contributed by atoms with Gasteiger partial charge < -0.3 is 0 Å². The summed E-state index contributed by atoms with van der Waals surface area (Å²) in [7, 11) is 4.92. The molecule has 30 valence electrons. The van der Waals surface area contributed by atoms with Crippen LogP contribution in [0.1, 0.15) is 13.3 Å². The third kappa shape index (κ3) is 4.49. The van der Waals surface area contributed by atoms with Crippen molar-refractivity contribution in [3.05, 3.63) is 0 Å². The van der Waals surface area contributed by atoms with Crippen molar-refractivity contribution >= 4 is 17.1 Å². The second-order valence-corrected chi connectivity index (χ2v) is 2.52. The quantitative estimate of drug-likeness (QED) is 0.318. The molecule has 0 amide bonds. The van der Waals surface area contributed by atoms with Crippen LogP contribution in [0.15, 0.2) is 0 Å². The normalized spacial score (nSPS) is 14.8. The molecule has 0 aliphatic heterocycles. The maximum atomic E-state index is 2.73. The first-order chi connectivity index (χ1) is 2.27. The molecule has 0 aromatic heterocycles. The predicted molar refractivity (Wildman–Crippen MR) is 32.3 cm³/mol. The van der Waals surface area contributed by atoms with Crippen LogP contribution in [0.3, 0.4) is 0 Å². The molecule has 5 heavy (non-hydrogen) atoms. The van der Waals surface area contributed by atoms with Crippen LogP contribution in [-0.4, -0.2) is 13.4 Å². The van der Waals surface area contributed by atoms with Crippen LogP contribution >= 0.6 is 9.24 Å². The van der Waals surface area contributed by atoms with Gasteiger partial charge in [-0.2, -0.15) is 0 Å². The highest BCUT2D eigenvalue weighted by Crippen LogP contribution is 1.95. The summed E-state index contributed by atoms with van der Waals surface area (Å²) in [4.78, 5) is 0. The molecule has 0 aliphatic rings. The van der Waals surface area contributed by atoms with E-state index >= 15 is 0 Å². The molecule has 2 unspecified atom stereocenters. The SMILES string of the molecule is BC(P)CC. The fourth-order valence-electron chi connectivity index (χ4n) is 0. The largest absolute Gasteiger partial charge is 0.143 e. The fraction of sp³-hybridized carbons (Fsp3) is 1.00. The first-order valence-corrected chi connectivity index (χ1v) is 2.69. The predicted octanol–water partition coefficient (Wildman–Crippen LogP) is 0.231. The molecular formula is C3H10BP. The summed E-state index contributed by atoms with van der Waals surface area (Å²) in [6.07, 6.45) is 1.27. The van der Waals surface area contributed by atoms with Crippen molar-refractivity contribution in [2.24, 2.45) is 0 Å². The van der Waals surface area contributed by atoms with Gasteiger partial charge in [0.2, 0.25) is 0 Å². The number of hydrogen-bond donors (Lipinski definition) is 0. The first kappa shape index (κ1) is 5.49. The summed E-state index contributed by atoms with van der Waals surface area (Å²) in [5, 5.41) is 0. The van der Waals surface area contributed by atoms with E-state index in [0.717, 1.165) is 5.56 Å². The second kappa shape index (κ2) is 2.72. The molecule has 0 nitrogen and oxygen atoms in total. The smallest absolute Gasteiger partial charge is 0.110 e. The van der Waals surface area contributed by atoms with Gasteiger partial charge in [-0.3, -0.25) is 0 Å². The Kier molecular flexibility index (Phi) is 2.99. The van der Waals surface area contributed by atoms with E-state index in [9.17, 15) is 0 Å². The monoisotopic (exact) mass is 88.1 g/mol. The molecule has 0 N–H and O–H groups in total. The molecule has 0 heterocycles. The van der Waals surface area contributed by atoms with Crippen molar-refractivity contribution in [1.82, 2.24) is 0 Å². The van der Waals surface area contributed by atoms with E-state index in [2.05, 4.69) is 24.0 Å². The van der Waals surface area contributed by atoms with Crippen molar-refractivity contribution < 1.29 is 0 Å². The minimum absolute atomic E-state index is 0.801. The van der Waals surface area contributed by atoms with Gasteiger partial charge in [0.1, 0.15) is 7.85 Å². The molecule has 2 atom stereocenters. The molecule has 0 rings (SSSR count). The molecule has 0 bridgehead atoms. The van der Waals surface area contributed by atoms with Gasteiger partial charge in [-0.15, -0.1) is 9.24 Å². The van der Waals surface area contributed by atoms with Gasteiger partial charge in [-0.05, 0) is 0 Å². The van der Waals surface area contributed by atoms with Gasteiger partial charge in [0.05, 0.1) is 0 Å². The fourth-order valence-corrected chi connectivity index (χ4v) is 0. The zero-order valence-corrected chi connectivity index (χ0v) is 5.02. The molecule has 2 heteroatoms. The summed E-state index contributed by atoms with van der Waals surface area (Å²) < 4.78 is 0. The zero-order chi connectivity index (χ0) is 4.28. The minimum atomic E-state index is 0.801. The average molecular weight is 87.9 g/mol. The van der Waals surface area contributed by atoms with Crippen molar-refractivity contribution in [3.63, 3.8) is 0 Å². The molecule has 0 spiro atoms. The lowest BCUT2D eigenvalue weighted by Gasteiger charge is -1.90. The Bertz CT molecular complexity index is 20.9. The molecule has 0 aromatic rings. The van der Waals surface area contributed by atoms with Crippen molar-refractivity contribution in [1.29, 1.82) is 0 Å². The molecule has 0 aliphatic carbocycles. The van der Waals surface area contributed by atoms with Crippen molar-refractivity contribution in [2.45, 2.75) is 18.9 Å². The Morgan fingerprint density at radius 2 is 2.20 bits per heavy atom. The summed E-state index contributed by atoms with van der Waals surface area (Å²) in [5.74, 6) is 0. The van der Waals surface area contributed by atoms with E-state index in [1.807, 2.05) is 0 Å². The highest BCUT2D eigenvalue weighted by Gasteiger charge is 1.81. The van der Waals surface area contributed by atoms with Crippen LogP contribution in [-0.2, 0) is 0 Å². The third-order valence-corrected chi connectivity index (χ3v) is 1.12. The molecule has 0 fully saturated rings. The number of rotatable bonds is 1. The topological polar surface area (TPSA) is 0 Å². The summed E-state index contributed by atoms with van der Waals surface area (Å²) in [5.41, 5.74) is 0.801. The van der Waals surface area contributed by atoms with Crippen LogP contribution < -0.4 is 0 Å². The summed E-state index contributed by atoms with van der Waals surface area (Å²) in [6.45, 7) is 2.18. The van der Waals surface area contributed by atoms with Crippen LogP contribution in [0.2, 0.25) is 0 Å². The van der Waals surface area contributed by atoms with Gasteiger partial charge in [0.25, 0.3) is 0 Å². The zero-order valence-electron chi connectivity index (χ0n) is 3.86. The van der Waals surface area contributed by atoms with Gasteiger partial charge in [-0.25, -0.2) is 0 Å². The Morgan fingerprint density at radius 3 is 2.20 bits per heavy atom. The van der Waals surface area contributed by atoms with E-state index in [1.54, 1.807) is 0 Å². The van der Waals surface area contributed by atoms with Gasteiger partial charge in [-0.1, -0.05) is 18.9 Å². The van der Waals surface area contributed by atoms with Crippen LogP contribution in [0.25, 0.3) is 0 Å². The Balaban J connectivity index is 2.54. The van der Waals surface area contributed by atoms with Gasteiger partial charge in [0.15, 0.2) is 0 Å². The van der Waals surface area contributed by atoms with E-state index in [4.69, 9.17) is 0 Å². The first-order valence-electron chi connectivity index (χ1n) is 2.03. The van der Waals surface area contributed by atoms with E-state index in [1.165, 1.54) is 6.42 Å². The molecule has 0 saturated carbocycles.